The van der Waals surface area contributed by atoms with Crippen LogP contribution in [0.4, 0.5) is 0 Å². The van der Waals surface area contributed by atoms with Crippen molar-refractivity contribution in [3.63, 3.8) is 0 Å². The zero-order valence-electron chi connectivity index (χ0n) is 13.0. The number of nitrogens with zero attached hydrogens (tertiary/aromatic N) is 1. The zero-order valence-corrected chi connectivity index (χ0v) is 13.0. The first-order valence-corrected chi connectivity index (χ1v) is 7.92. The highest BCUT2D eigenvalue weighted by atomic mass is 16.4. The van der Waals surface area contributed by atoms with E-state index in [-0.39, 0.29) is 12.3 Å². The third-order valence-electron chi connectivity index (χ3n) is 3.92. The van der Waals surface area contributed by atoms with E-state index < -0.39 is 5.97 Å². The second-order valence-electron chi connectivity index (χ2n) is 5.66. The topological polar surface area (TPSA) is 57.6 Å². The summed E-state index contributed by atoms with van der Waals surface area (Å²) in [5.41, 5.74) is 2.64. The Balaban J connectivity index is 2.22. The third-order valence-corrected chi connectivity index (χ3v) is 3.92. The Hall–Kier alpha value is -2.10. The Morgan fingerprint density at radius 3 is 2.55 bits per heavy atom. The van der Waals surface area contributed by atoms with Gasteiger partial charge in [-0.25, -0.2) is 0 Å². The summed E-state index contributed by atoms with van der Waals surface area (Å²) in [6.45, 7) is 3.73. The van der Waals surface area contributed by atoms with Gasteiger partial charge in [0.15, 0.2) is 0 Å². The van der Waals surface area contributed by atoms with Gasteiger partial charge in [-0.05, 0) is 42.5 Å². The van der Waals surface area contributed by atoms with Crippen LogP contribution >= 0.6 is 0 Å². The number of carbonyl (C=O) groups is 2. The summed E-state index contributed by atoms with van der Waals surface area (Å²) in [7, 11) is 0. The number of benzene rings is 1. The summed E-state index contributed by atoms with van der Waals surface area (Å²) in [6.07, 6.45) is 5.67. The van der Waals surface area contributed by atoms with E-state index in [4.69, 9.17) is 5.11 Å². The number of allylic oxidation sites excluding steroid dienone is 1. The summed E-state index contributed by atoms with van der Waals surface area (Å²) in [5, 5.41) is 8.86. The molecule has 1 aliphatic rings. The van der Waals surface area contributed by atoms with Crippen molar-refractivity contribution in [2.24, 2.45) is 0 Å². The molecular weight excluding hydrogens is 278 g/mol. The molecule has 118 valence electrons. The van der Waals surface area contributed by atoms with Gasteiger partial charge in [0.05, 0.1) is 6.42 Å². The predicted octanol–water partition coefficient (Wildman–Crippen LogP) is 3.58. The molecular formula is C18H23NO3. The standard InChI is InChI=1S/C18H23NO3/c1-2-6-14(9-10-17(20)21)15-7-5-8-16(13-15)18(22)19-11-3-4-12-19/h5,7-9,13H,2-4,6,10-12H2,1H3,(H,20,21)/b14-9+. The average Bonchev–Trinajstić information content (AvgIpc) is 3.05. The number of aliphatic carboxylic acids is 1. The van der Waals surface area contributed by atoms with Crippen molar-refractivity contribution < 1.29 is 14.7 Å². The minimum Gasteiger partial charge on any atom is -0.481 e. The average molecular weight is 301 g/mol. The van der Waals surface area contributed by atoms with Gasteiger partial charge < -0.3 is 10.0 Å². The first kappa shape index (κ1) is 16.3. The van der Waals surface area contributed by atoms with Gasteiger partial charge in [-0.2, -0.15) is 0 Å². The smallest absolute Gasteiger partial charge is 0.307 e. The quantitative estimate of drug-likeness (QED) is 0.873. The van der Waals surface area contributed by atoms with E-state index in [0.717, 1.165) is 49.9 Å². The summed E-state index contributed by atoms with van der Waals surface area (Å²) < 4.78 is 0. The first-order valence-electron chi connectivity index (χ1n) is 7.92. The minimum atomic E-state index is -0.835. The number of carbonyl (C=O) groups excluding carboxylic acids is 1. The molecule has 0 atom stereocenters. The number of carboxylic acid groups (broad SMARTS) is 1. The van der Waals surface area contributed by atoms with Gasteiger partial charge in [-0.15, -0.1) is 0 Å². The fraction of sp³-hybridized carbons (Fsp3) is 0.444. The van der Waals surface area contributed by atoms with Crippen molar-refractivity contribution in [2.75, 3.05) is 13.1 Å². The number of carboxylic acids is 1. The Kier molecular flexibility index (Phi) is 5.75. The molecule has 1 N–H and O–H groups in total. The molecule has 0 spiro atoms. The second kappa shape index (κ2) is 7.78. The highest BCUT2D eigenvalue weighted by molar-refractivity contribution is 5.95. The van der Waals surface area contributed by atoms with Crippen molar-refractivity contribution in [1.82, 2.24) is 4.90 Å². The molecule has 0 bridgehead atoms. The zero-order chi connectivity index (χ0) is 15.9. The molecule has 1 aromatic rings. The molecule has 1 saturated heterocycles. The molecule has 1 heterocycles. The van der Waals surface area contributed by atoms with E-state index in [0.29, 0.717) is 5.56 Å². The minimum absolute atomic E-state index is 0.0135. The maximum Gasteiger partial charge on any atom is 0.307 e. The SMILES string of the molecule is CCC/C(=C\CC(=O)O)c1cccc(C(=O)N2CCCC2)c1. The van der Waals surface area contributed by atoms with Crippen LogP contribution in [0.5, 0.6) is 0 Å². The number of amides is 1. The van der Waals surface area contributed by atoms with Gasteiger partial charge in [0.2, 0.25) is 0 Å². The summed E-state index contributed by atoms with van der Waals surface area (Å²) in [4.78, 5) is 25.1. The van der Waals surface area contributed by atoms with Gasteiger partial charge in [0, 0.05) is 18.7 Å². The lowest BCUT2D eigenvalue weighted by Crippen LogP contribution is -2.27. The van der Waals surface area contributed by atoms with Crippen LogP contribution in [0.25, 0.3) is 5.57 Å². The fourth-order valence-corrected chi connectivity index (χ4v) is 2.80. The van der Waals surface area contributed by atoms with Crippen molar-refractivity contribution >= 4 is 17.4 Å². The fourth-order valence-electron chi connectivity index (χ4n) is 2.80. The molecule has 1 aromatic carbocycles. The Labute approximate surface area is 131 Å². The van der Waals surface area contributed by atoms with Crippen LogP contribution in [-0.4, -0.2) is 35.0 Å². The molecule has 0 aromatic heterocycles. The molecule has 0 unspecified atom stereocenters. The third kappa shape index (κ3) is 4.20. The van der Waals surface area contributed by atoms with E-state index in [1.54, 1.807) is 6.08 Å². The molecule has 4 heteroatoms. The largest absolute Gasteiger partial charge is 0.481 e. The molecule has 1 amide bonds. The van der Waals surface area contributed by atoms with E-state index in [1.165, 1.54) is 0 Å². The van der Waals surface area contributed by atoms with Crippen molar-refractivity contribution in [1.29, 1.82) is 0 Å². The van der Waals surface area contributed by atoms with E-state index in [1.807, 2.05) is 29.2 Å². The van der Waals surface area contributed by atoms with E-state index in [2.05, 4.69) is 6.92 Å². The molecule has 0 aliphatic carbocycles. The number of hydrogen-bond donors (Lipinski definition) is 1. The monoisotopic (exact) mass is 301 g/mol. The molecule has 1 aliphatic heterocycles. The maximum atomic E-state index is 12.5. The van der Waals surface area contributed by atoms with Crippen molar-refractivity contribution in [3.05, 3.63) is 41.5 Å². The Morgan fingerprint density at radius 2 is 1.91 bits per heavy atom. The normalized spacial score (nSPS) is 15.1. The van der Waals surface area contributed by atoms with Crippen molar-refractivity contribution in [3.8, 4) is 0 Å². The maximum absolute atomic E-state index is 12.5. The molecule has 0 saturated carbocycles. The van der Waals surface area contributed by atoms with Gasteiger partial charge in [0.1, 0.15) is 0 Å². The molecule has 1 fully saturated rings. The van der Waals surface area contributed by atoms with Gasteiger partial charge >= 0.3 is 5.97 Å². The van der Waals surface area contributed by atoms with Gasteiger partial charge in [-0.1, -0.05) is 31.6 Å². The first-order chi connectivity index (χ1) is 10.6. The molecule has 0 radical (unpaired) electrons. The highest BCUT2D eigenvalue weighted by Gasteiger charge is 2.19. The molecule has 4 nitrogen and oxygen atoms in total. The van der Waals surface area contributed by atoms with E-state index in [9.17, 15) is 9.59 Å². The number of hydrogen-bond acceptors (Lipinski definition) is 2. The Bertz CT molecular complexity index is 571. The van der Waals surface area contributed by atoms with Crippen LogP contribution in [0.2, 0.25) is 0 Å². The lowest BCUT2D eigenvalue weighted by Gasteiger charge is -2.16. The van der Waals surface area contributed by atoms with Crippen LogP contribution in [0.3, 0.4) is 0 Å². The van der Waals surface area contributed by atoms with Gasteiger partial charge in [-0.3, -0.25) is 9.59 Å². The molecule has 22 heavy (non-hydrogen) atoms. The lowest BCUT2D eigenvalue weighted by atomic mass is 9.98. The van der Waals surface area contributed by atoms with Crippen LogP contribution in [0.15, 0.2) is 30.3 Å². The van der Waals surface area contributed by atoms with Crippen LogP contribution in [-0.2, 0) is 4.79 Å². The molecule has 2 rings (SSSR count). The number of rotatable bonds is 6. The van der Waals surface area contributed by atoms with Crippen LogP contribution < -0.4 is 0 Å². The van der Waals surface area contributed by atoms with Gasteiger partial charge in [0.25, 0.3) is 5.91 Å². The summed E-state index contributed by atoms with van der Waals surface area (Å²) in [6, 6.07) is 7.56. The van der Waals surface area contributed by atoms with Crippen molar-refractivity contribution in [2.45, 2.75) is 39.0 Å². The van der Waals surface area contributed by atoms with Crippen LogP contribution in [0, 0.1) is 0 Å². The Morgan fingerprint density at radius 1 is 1.23 bits per heavy atom. The predicted molar refractivity (Wildman–Crippen MR) is 86.7 cm³/mol. The van der Waals surface area contributed by atoms with Crippen LogP contribution in [0.1, 0.15) is 54.9 Å². The summed E-state index contributed by atoms with van der Waals surface area (Å²) in [5.74, 6) is -0.758. The highest BCUT2D eigenvalue weighted by Crippen LogP contribution is 2.23. The summed E-state index contributed by atoms with van der Waals surface area (Å²) >= 11 is 0. The lowest BCUT2D eigenvalue weighted by molar-refractivity contribution is -0.136. The van der Waals surface area contributed by atoms with E-state index >= 15 is 0 Å². The number of likely N-dealkylation sites (tertiary alicyclic amines) is 1. The second-order valence-corrected chi connectivity index (χ2v) is 5.66.